The van der Waals surface area contributed by atoms with Crippen molar-refractivity contribution in [1.82, 2.24) is 19.9 Å². The Bertz CT molecular complexity index is 849. The van der Waals surface area contributed by atoms with Gasteiger partial charge in [-0.1, -0.05) is 0 Å². The van der Waals surface area contributed by atoms with Gasteiger partial charge in [-0.05, 0) is 26.0 Å². The minimum Gasteiger partial charge on any atom is -0.474 e. The maximum absolute atomic E-state index is 5.74. The van der Waals surface area contributed by atoms with Gasteiger partial charge in [0.05, 0.1) is 33.4 Å². The van der Waals surface area contributed by atoms with Crippen LogP contribution in [0.4, 0.5) is 5.95 Å². The summed E-state index contributed by atoms with van der Waals surface area (Å²) in [5.74, 6) is 0.523. The van der Waals surface area contributed by atoms with Crippen LogP contribution in [0.25, 0.3) is 21.6 Å². The molecule has 0 spiro atoms. The largest absolute Gasteiger partial charge is 0.474 e. The van der Waals surface area contributed by atoms with Crippen molar-refractivity contribution in [3.63, 3.8) is 0 Å². The first kappa shape index (κ1) is 15.6. The summed E-state index contributed by atoms with van der Waals surface area (Å²) in [7, 11) is 1.61. The summed E-state index contributed by atoms with van der Waals surface area (Å²) >= 11 is 1.61. The molecule has 0 saturated heterocycles. The lowest BCUT2D eigenvalue weighted by Crippen LogP contribution is -2.08. The number of nitrogen functional groups attached to an aromatic ring is 1. The van der Waals surface area contributed by atoms with E-state index in [0.29, 0.717) is 30.1 Å². The summed E-state index contributed by atoms with van der Waals surface area (Å²) in [6.07, 6.45) is 0. The van der Waals surface area contributed by atoms with Crippen molar-refractivity contribution < 1.29 is 9.47 Å². The third-order valence-electron chi connectivity index (χ3n) is 3.19. The van der Waals surface area contributed by atoms with Gasteiger partial charge in [-0.25, -0.2) is 15.0 Å². The topological polar surface area (TPSA) is 96.0 Å². The summed E-state index contributed by atoms with van der Waals surface area (Å²) in [6, 6.07) is 3.78. The van der Waals surface area contributed by atoms with Crippen LogP contribution in [0.1, 0.15) is 10.7 Å². The number of anilines is 1. The van der Waals surface area contributed by atoms with E-state index < -0.39 is 0 Å². The Morgan fingerprint density at radius 2 is 1.91 bits per heavy atom. The zero-order chi connectivity index (χ0) is 16.4. The van der Waals surface area contributed by atoms with Gasteiger partial charge in [-0.2, -0.15) is 4.98 Å². The van der Waals surface area contributed by atoms with Crippen molar-refractivity contribution in [2.45, 2.75) is 13.8 Å². The molecule has 3 rings (SSSR count). The van der Waals surface area contributed by atoms with E-state index in [0.717, 1.165) is 21.3 Å². The molecule has 0 radical (unpaired) electrons. The number of rotatable bonds is 5. The second-order valence-corrected chi connectivity index (χ2v) is 6.14. The minimum absolute atomic E-state index is 0.157. The van der Waals surface area contributed by atoms with Crippen LogP contribution < -0.4 is 10.5 Å². The molecule has 0 fully saturated rings. The quantitative estimate of drug-likeness (QED) is 0.717. The van der Waals surface area contributed by atoms with E-state index in [1.54, 1.807) is 18.4 Å². The van der Waals surface area contributed by atoms with Crippen molar-refractivity contribution in [2.75, 3.05) is 26.1 Å². The van der Waals surface area contributed by atoms with Gasteiger partial charge >= 0.3 is 0 Å². The zero-order valence-electron chi connectivity index (χ0n) is 13.2. The second-order valence-electron chi connectivity index (χ2n) is 4.94. The second kappa shape index (κ2) is 6.43. The van der Waals surface area contributed by atoms with Crippen molar-refractivity contribution in [3.05, 3.63) is 22.8 Å². The average molecular weight is 331 g/mol. The Labute approximate surface area is 137 Å². The molecule has 0 aromatic carbocycles. The molecule has 23 heavy (non-hydrogen) atoms. The SMILES string of the molecule is COCCOc1nc(N)nc2ccc(-c3sc(C)nc3C)nc12. The standard InChI is InChI=1S/C15H17N5O2S/c1-8-13(23-9(2)17-8)11-5-4-10-12(18-11)14(20-15(16)19-10)22-7-6-21-3/h4-5H,6-7H2,1-3H3,(H2,16,19,20). The molecule has 2 N–H and O–H groups in total. The highest BCUT2D eigenvalue weighted by atomic mass is 32.1. The molecule has 0 amide bonds. The molecule has 0 saturated carbocycles. The predicted octanol–water partition coefficient (Wildman–Crippen LogP) is 2.37. The zero-order valence-corrected chi connectivity index (χ0v) is 14.0. The molecule has 7 nitrogen and oxygen atoms in total. The van der Waals surface area contributed by atoms with Crippen LogP contribution in [0.5, 0.6) is 5.88 Å². The first-order valence-electron chi connectivity index (χ1n) is 7.09. The van der Waals surface area contributed by atoms with Crippen LogP contribution in [0, 0.1) is 13.8 Å². The van der Waals surface area contributed by atoms with Gasteiger partial charge in [-0.15, -0.1) is 11.3 Å². The molecule has 0 aliphatic carbocycles. The van der Waals surface area contributed by atoms with Crippen LogP contribution >= 0.6 is 11.3 Å². The Hall–Kier alpha value is -2.32. The van der Waals surface area contributed by atoms with Crippen LogP contribution in [0.3, 0.4) is 0 Å². The highest BCUT2D eigenvalue weighted by Crippen LogP contribution is 2.31. The van der Waals surface area contributed by atoms with Crippen LogP contribution in [0.15, 0.2) is 12.1 Å². The monoisotopic (exact) mass is 331 g/mol. The van der Waals surface area contributed by atoms with E-state index in [1.165, 1.54) is 0 Å². The van der Waals surface area contributed by atoms with Crippen molar-refractivity contribution in [2.24, 2.45) is 0 Å². The van der Waals surface area contributed by atoms with E-state index in [1.807, 2.05) is 26.0 Å². The number of pyridine rings is 1. The molecule has 0 aliphatic heterocycles. The van der Waals surface area contributed by atoms with Crippen LogP contribution in [-0.4, -0.2) is 40.3 Å². The van der Waals surface area contributed by atoms with Gasteiger partial charge in [-0.3, -0.25) is 0 Å². The maximum atomic E-state index is 5.74. The van der Waals surface area contributed by atoms with Crippen LogP contribution in [0.2, 0.25) is 0 Å². The number of aryl methyl sites for hydroxylation is 2. The Kier molecular flexibility index (Phi) is 4.35. The Morgan fingerprint density at radius 3 is 2.61 bits per heavy atom. The fourth-order valence-electron chi connectivity index (χ4n) is 2.22. The number of methoxy groups -OCH3 is 1. The molecule has 0 unspecified atom stereocenters. The first-order valence-corrected chi connectivity index (χ1v) is 7.90. The summed E-state index contributed by atoms with van der Waals surface area (Å²) in [6.45, 7) is 4.77. The smallest absolute Gasteiger partial charge is 0.245 e. The van der Waals surface area contributed by atoms with Crippen molar-refractivity contribution in [3.8, 4) is 16.5 Å². The van der Waals surface area contributed by atoms with Gasteiger partial charge in [0.2, 0.25) is 11.8 Å². The molecular formula is C15H17N5O2S. The maximum Gasteiger partial charge on any atom is 0.245 e. The third-order valence-corrected chi connectivity index (χ3v) is 4.29. The summed E-state index contributed by atoms with van der Waals surface area (Å²) < 4.78 is 10.6. The summed E-state index contributed by atoms with van der Waals surface area (Å²) in [4.78, 5) is 18.5. The van der Waals surface area contributed by atoms with E-state index >= 15 is 0 Å². The molecule has 3 heterocycles. The normalized spacial score (nSPS) is 11.1. The lowest BCUT2D eigenvalue weighted by molar-refractivity contribution is 0.144. The minimum atomic E-state index is 0.157. The van der Waals surface area contributed by atoms with Crippen LogP contribution in [-0.2, 0) is 4.74 Å². The van der Waals surface area contributed by atoms with Crippen molar-refractivity contribution >= 4 is 28.3 Å². The predicted molar refractivity (Wildman–Crippen MR) is 89.7 cm³/mol. The summed E-state index contributed by atoms with van der Waals surface area (Å²) in [5.41, 5.74) is 8.74. The number of hydrogen-bond acceptors (Lipinski definition) is 8. The lowest BCUT2D eigenvalue weighted by Gasteiger charge is -2.09. The number of thiazole rings is 1. The van der Waals surface area contributed by atoms with Gasteiger partial charge in [0.25, 0.3) is 0 Å². The molecule has 3 aromatic rings. The van der Waals surface area contributed by atoms with Crippen molar-refractivity contribution in [1.29, 1.82) is 0 Å². The third kappa shape index (κ3) is 3.22. The Morgan fingerprint density at radius 1 is 1.09 bits per heavy atom. The molecule has 0 bridgehead atoms. The fraction of sp³-hybridized carbons (Fsp3) is 0.333. The van der Waals surface area contributed by atoms with E-state index in [2.05, 4.69) is 19.9 Å². The van der Waals surface area contributed by atoms with Gasteiger partial charge in [0, 0.05) is 7.11 Å². The van der Waals surface area contributed by atoms with E-state index in [9.17, 15) is 0 Å². The van der Waals surface area contributed by atoms with Gasteiger partial charge in [0.15, 0.2) is 5.52 Å². The number of hydrogen-bond donors (Lipinski definition) is 1. The molecule has 0 atom stereocenters. The molecule has 0 aliphatic rings. The van der Waals surface area contributed by atoms with Gasteiger partial charge in [0.1, 0.15) is 6.61 Å². The highest BCUT2D eigenvalue weighted by Gasteiger charge is 2.14. The molecule has 120 valence electrons. The number of aromatic nitrogens is 4. The number of nitrogens with two attached hydrogens (primary N) is 1. The summed E-state index contributed by atoms with van der Waals surface area (Å²) in [5, 5.41) is 1.00. The number of fused-ring (bicyclic) bond motifs is 1. The first-order chi connectivity index (χ1) is 11.1. The molecule has 3 aromatic heterocycles. The molecule has 8 heteroatoms. The molecular weight excluding hydrogens is 314 g/mol. The number of ether oxygens (including phenoxy) is 2. The lowest BCUT2D eigenvalue weighted by atomic mass is 10.2. The van der Waals surface area contributed by atoms with E-state index in [4.69, 9.17) is 15.2 Å². The highest BCUT2D eigenvalue weighted by molar-refractivity contribution is 7.15. The fourth-order valence-corrected chi connectivity index (χ4v) is 3.11. The number of nitrogens with zero attached hydrogens (tertiary/aromatic N) is 4. The average Bonchev–Trinajstić information content (AvgIpc) is 2.85. The van der Waals surface area contributed by atoms with E-state index in [-0.39, 0.29) is 5.95 Å². The Balaban J connectivity index is 2.08. The van der Waals surface area contributed by atoms with Gasteiger partial charge < -0.3 is 15.2 Å².